The maximum absolute atomic E-state index is 13.0. The molecule has 4 atom stereocenters. The van der Waals surface area contributed by atoms with Crippen molar-refractivity contribution in [2.75, 3.05) is 6.54 Å². The first kappa shape index (κ1) is 26.2. The van der Waals surface area contributed by atoms with Crippen molar-refractivity contribution in [1.29, 1.82) is 0 Å². The first-order chi connectivity index (χ1) is 16.0. The minimum Gasteiger partial charge on any atom is -0.481 e. The third-order valence-corrected chi connectivity index (χ3v) is 5.18. The summed E-state index contributed by atoms with van der Waals surface area (Å²) in [5.41, 5.74) is 11.2. The number of nitrogens with two attached hydrogens (primary N) is 2. The molecule has 4 unspecified atom stereocenters. The van der Waals surface area contributed by atoms with Gasteiger partial charge < -0.3 is 42.2 Å². The number of carboxylic acids is 2. The van der Waals surface area contributed by atoms with Gasteiger partial charge in [0.05, 0.1) is 25.2 Å². The summed E-state index contributed by atoms with van der Waals surface area (Å²) in [6, 6.07) is -5.22. The number of nitrogens with zero attached hydrogens (tertiary/aromatic N) is 2. The summed E-state index contributed by atoms with van der Waals surface area (Å²) in [7, 11) is 0. The Morgan fingerprint density at radius 3 is 2.41 bits per heavy atom. The second-order valence-electron chi connectivity index (χ2n) is 7.81. The summed E-state index contributed by atoms with van der Waals surface area (Å²) in [6.07, 6.45) is 2.11. The highest BCUT2D eigenvalue weighted by molar-refractivity contribution is 5.95. The number of hydrogen-bond donors (Lipinski definition) is 7. The van der Waals surface area contributed by atoms with E-state index >= 15 is 0 Å². The predicted octanol–water partition coefficient (Wildman–Crippen LogP) is -3.33. The van der Waals surface area contributed by atoms with E-state index < -0.39 is 72.6 Å². The quantitative estimate of drug-likeness (QED) is 0.156. The van der Waals surface area contributed by atoms with Crippen LogP contribution in [-0.2, 0) is 35.2 Å². The van der Waals surface area contributed by atoms with Gasteiger partial charge in [0.25, 0.3) is 0 Å². The number of carboxylic acid groups (broad SMARTS) is 2. The summed E-state index contributed by atoms with van der Waals surface area (Å²) in [5.74, 6) is -6.03. The summed E-state index contributed by atoms with van der Waals surface area (Å²) in [4.78, 5) is 79.5. The number of imidazole rings is 1. The Morgan fingerprint density at radius 2 is 1.85 bits per heavy atom. The smallest absolute Gasteiger partial charge is 0.326 e. The van der Waals surface area contributed by atoms with E-state index in [0.717, 1.165) is 0 Å². The standard InChI is InChI=1S/C19H27N7O8/c20-10(5-14(21)27)18(32)26-3-1-2-13(26)17(31)24-11(4-9-7-22-8-23-9)16(30)25-12(19(33)34)6-15(28)29/h7-8,10-13H,1-6,20H2,(H2,21,27)(H,22,23)(H,24,31)(H,25,30)(H,28,29)(H,33,34). The van der Waals surface area contributed by atoms with E-state index in [4.69, 9.17) is 16.6 Å². The lowest BCUT2D eigenvalue weighted by atomic mass is 10.1. The molecule has 0 aromatic carbocycles. The molecule has 2 heterocycles. The zero-order chi connectivity index (χ0) is 25.4. The summed E-state index contributed by atoms with van der Waals surface area (Å²) in [6.45, 7) is 0.209. The molecule has 1 aliphatic heterocycles. The van der Waals surface area contributed by atoms with Gasteiger partial charge in [0, 0.05) is 24.9 Å². The van der Waals surface area contributed by atoms with E-state index in [9.17, 15) is 33.9 Å². The molecule has 1 fully saturated rings. The molecule has 0 aliphatic carbocycles. The second kappa shape index (κ2) is 11.7. The lowest BCUT2D eigenvalue weighted by Crippen LogP contribution is -2.57. The van der Waals surface area contributed by atoms with Crippen molar-refractivity contribution in [1.82, 2.24) is 25.5 Å². The van der Waals surface area contributed by atoms with Crippen LogP contribution in [0.4, 0.5) is 0 Å². The van der Waals surface area contributed by atoms with Crippen LogP contribution in [0.1, 0.15) is 31.4 Å². The number of primary amides is 1. The Hall–Kier alpha value is -4.01. The first-order valence-electron chi connectivity index (χ1n) is 10.4. The molecule has 0 spiro atoms. The van der Waals surface area contributed by atoms with Gasteiger partial charge in [-0.3, -0.25) is 24.0 Å². The average Bonchev–Trinajstić information content (AvgIpc) is 3.43. The molecule has 2 rings (SSSR count). The topological polar surface area (TPSA) is 251 Å². The first-order valence-corrected chi connectivity index (χ1v) is 10.4. The zero-order valence-electron chi connectivity index (χ0n) is 18.1. The lowest BCUT2D eigenvalue weighted by Gasteiger charge is -2.28. The number of hydrogen-bond acceptors (Lipinski definition) is 8. The number of carbonyl (C=O) groups excluding carboxylic acids is 4. The Morgan fingerprint density at radius 1 is 1.15 bits per heavy atom. The minimum absolute atomic E-state index is 0.112. The van der Waals surface area contributed by atoms with Gasteiger partial charge in [-0.25, -0.2) is 9.78 Å². The van der Waals surface area contributed by atoms with E-state index in [1.165, 1.54) is 17.4 Å². The van der Waals surface area contributed by atoms with Gasteiger partial charge in [-0.1, -0.05) is 0 Å². The number of nitrogens with one attached hydrogen (secondary N) is 3. The molecule has 4 amide bonds. The number of aromatic nitrogens is 2. The Labute approximate surface area is 193 Å². The number of likely N-dealkylation sites (tertiary alicyclic amines) is 1. The molecule has 0 radical (unpaired) electrons. The SMILES string of the molecule is NC(=O)CC(N)C(=O)N1CCCC1C(=O)NC(Cc1cnc[nH]1)C(=O)NC(CC(=O)O)C(=O)O. The maximum Gasteiger partial charge on any atom is 0.326 e. The van der Waals surface area contributed by atoms with Crippen LogP contribution < -0.4 is 22.1 Å². The van der Waals surface area contributed by atoms with Gasteiger partial charge in [0.1, 0.15) is 18.1 Å². The van der Waals surface area contributed by atoms with Gasteiger partial charge in [-0.15, -0.1) is 0 Å². The van der Waals surface area contributed by atoms with Gasteiger partial charge in [-0.2, -0.15) is 0 Å². The van der Waals surface area contributed by atoms with Crippen molar-refractivity contribution in [3.63, 3.8) is 0 Å². The molecule has 0 saturated carbocycles. The summed E-state index contributed by atoms with van der Waals surface area (Å²) in [5, 5.41) is 22.7. The maximum atomic E-state index is 13.0. The third-order valence-electron chi connectivity index (χ3n) is 5.18. The zero-order valence-corrected chi connectivity index (χ0v) is 18.1. The van der Waals surface area contributed by atoms with Crippen LogP contribution >= 0.6 is 0 Å². The minimum atomic E-state index is -1.72. The Balaban J connectivity index is 2.16. The number of H-pyrrole nitrogens is 1. The van der Waals surface area contributed by atoms with Crippen LogP contribution in [0.3, 0.4) is 0 Å². The molecular weight excluding hydrogens is 454 g/mol. The van der Waals surface area contributed by atoms with Gasteiger partial charge in [-0.05, 0) is 12.8 Å². The molecule has 186 valence electrons. The molecule has 1 aromatic heterocycles. The number of aromatic amines is 1. The van der Waals surface area contributed by atoms with Crippen LogP contribution in [0.5, 0.6) is 0 Å². The van der Waals surface area contributed by atoms with Crippen LogP contribution in [0.15, 0.2) is 12.5 Å². The largest absolute Gasteiger partial charge is 0.481 e. The van der Waals surface area contributed by atoms with Crippen LogP contribution in [-0.4, -0.2) is 91.4 Å². The average molecular weight is 481 g/mol. The van der Waals surface area contributed by atoms with Crippen LogP contribution in [0.25, 0.3) is 0 Å². The molecule has 1 aromatic rings. The van der Waals surface area contributed by atoms with Gasteiger partial charge in [0.2, 0.25) is 23.6 Å². The van der Waals surface area contributed by atoms with Crippen molar-refractivity contribution in [2.24, 2.45) is 11.5 Å². The molecular formula is C19H27N7O8. The number of aliphatic carboxylic acids is 2. The number of carbonyl (C=O) groups is 6. The van der Waals surface area contributed by atoms with Crippen molar-refractivity contribution in [2.45, 2.75) is 56.3 Å². The number of rotatable bonds is 12. The Kier molecular flexibility index (Phi) is 9.06. The molecule has 1 aliphatic rings. The van der Waals surface area contributed by atoms with Gasteiger partial charge in [0.15, 0.2) is 0 Å². The predicted molar refractivity (Wildman–Crippen MR) is 113 cm³/mol. The van der Waals surface area contributed by atoms with Crippen molar-refractivity contribution < 1.29 is 39.0 Å². The van der Waals surface area contributed by atoms with E-state index in [2.05, 4.69) is 20.6 Å². The van der Waals surface area contributed by atoms with Crippen LogP contribution in [0.2, 0.25) is 0 Å². The lowest BCUT2D eigenvalue weighted by molar-refractivity contribution is -0.147. The van der Waals surface area contributed by atoms with E-state index in [0.29, 0.717) is 12.1 Å². The highest BCUT2D eigenvalue weighted by Crippen LogP contribution is 2.19. The summed E-state index contributed by atoms with van der Waals surface area (Å²) < 4.78 is 0. The fraction of sp³-hybridized carbons (Fsp3) is 0.526. The van der Waals surface area contributed by atoms with Gasteiger partial charge >= 0.3 is 11.9 Å². The molecule has 0 bridgehead atoms. The molecule has 34 heavy (non-hydrogen) atoms. The van der Waals surface area contributed by atoms with Crippen molar-refractivity contribution >= 4 is 35.6 Å². The third kappa shape index (κ3) is 7.26. The Bertz CT molecular complexity index is 935. The van der Waals surface area contributed by atoms with Crippen molar-refractivity contribution in [3.8, 4) is 0 Å². The molecule has 9 N–H and O–H groups in total. The van der Waals surface area contributed by atoms with E-state index in [1.807, 2.05) is 0 Å². The van der Waals surface area contributed by atoms with E-state index in [-0.39, 0.29) is 19.4 Å². The second-order valence-corrected chi connectivity index (χ2v) is 7.81. The normalized spacial score (nSPS) is 17.9. The highest BCUT2D eigenvalue weighted by Gasteiger charge is 2.38. The highest BCUT2D eigenvalue weighted by atomic mass is 16.4. The fourth-order valence-electron chi connectivity index (χ4n) is 3.56. The van der Waals surface area contributed by atoms with E-state index in [1.54, 1.807) is 0 Å². The molecule has 15 nitrogen and oxygen atoms in total. The molecule has 1 saturated heterocycles. The number of amides is 4. The monoisotopic (exact) mass is 481 g/mol. The van der Waals surface area contributed by atoms with Crippen LogP contribution in [0, 0.1) is 0 Å². The molecule has 15 heteroatoms. The fourth-order valence-corrected chi connectivity index (χ4v) is 3.56. The van der Waals surface area contributed by atoms with Crippen molar-refractivity contribution in [3.05, 3.63) is 18.2 Å². The summed E-state index contributed by atoms with van der Waals surface area (Å²) >= 11 is 0.